The molecular formula is C17H30N4O. The van der Waals surface area contributed by atoms with Crippen LogP contribution in [0.5, 0.6) is 0 Å². The number of likely N-dealkylation sites (tertiary alicyclic amines) is 1. The van der Waals surface area contributed by atoms with Gasteiger partial charge in [0.15, 0.2) is 0 Å². The quantitative estimate of drug-likeness (QED) is 0.849. The van der Waals surface area contributed by atoms with Crippen LogP contribution in [0.1, 0.15) is 55.1 Å². The standard InChI is InChI=1S/C17H30N4O/c1-12(2)5-8-21-9-6-15(7-10-21)11-18-17(22)16-13(3)19-14(4)20-16/h12,15H,5-11H2,1-4H3,(H,18,22)(H,19,20). The molecule has 1 aliphatic heterocycles. The molecule has 5 heteroatoms. The van der Waals surface area contributed by atoms with E-state index >= 15 is 0 Å². The highest BCUT2D eigenvalue weighted by atomic mass is 16.1. The van der Waals surface area contributed by atoms with Crippen molar-refractivity contribution in [2.75, 3.05) is 26.2 Å². The largest absolute Gasteiger partial charge is 0.350 e. The van der Waals surface area contributed by atoms with Crippen LogP contribution in [0.4, 0.5) is 0 Å². The number of imidazole rings is 1. The molecule has 0 bridgehead atoms. The summed E-state index contributed by atoms with van der Waals surface area (Å²) in [5.74, 6) is 2.11. The molecule has 0 atom stereocenters. The minimum Gasteiger partial charge on any atom is -0.350 e. The van der Waals surface area contributed by atoms with Crippen molar-refractivity contribution in [1.29, 1.82) is 0 Å². The highest BCUT2D eigenvalue weighted by molar-refractivity contribution is 5.93. The molecule has 22 heavy (non-hydrogen) atoms. The molecule has 0 spiro atoms. The van der Waals surface area contributed by atoms with Gasteiger partial charge in [-0.25, -0.2) is 4.98 Å². The van der Waals surface area contributed by atoms with Crippen molar-refractivity contribution in [2.24, 2.45) is 11.8 Å². The number of hydrogen-bond donors (Lipinski definition) is 2. The van der Waals surface area contributed by atoms with E-state index in [1.807, 2.05) is 13.8 Å². The maximum absolute atomic E-state index is 12.2. The average molecular weight is 306 g/mol. The van der Waals surface area contributed by atoms with Gasteiger partial charge in [-0.15, -0.1) is 0 Å². The Labute approximate surface area is 133 Å². The van der Waals surface area contributed by atoms with Crippen LogP contribution < -0.4 is 5.32 Å². The fourth-order valence-corrected chi connectivity index (χ4v) is 3.01. The lowest BCUT2D eigenvalue weighted by atomic mass is 9.96. The molecule has 0 aromatic carbocycles. The molecule has 0 radical (unpaired) electrons. The topological polar surface area (TPSA) is 61.0 Å². The molecule has 2 heterocycles. The number of aromatic amines is 1. The Morgan fingerprint density at radius 2 is 2.05 bits per heavy atom. The van der Waals surface area contributed by atoms with Crippen LogP contribution in [0.15, 0.2) is 0 Å². The van der Waals surface area contributed by atoms with E-state index < -0.39 is 0 Å². The zero-order valence-electron chi connectivity index (χ0n) is 14.4. The number of hydrogen-bond acceptors (Lipinski definition) is 3. The number of nitrogens with zero attached hydrogens (tertiary/aromatic N) is 2. The van der Waals surface area contributed by atoms with Crippen molar-refractivity contribution in [3.63, 3.8) is 0 Å². The lowest BCUT2D eigenvalue weighted by Gasteiger charge is -2.32. The van der Waals surface area contributed by atoms with Gasteiger partial charge in [-0.05, 0) is 64.6 Å². The third-order valence-electron chi connectivity index (χ3n) is 4.50. The summed E-state index contributed by atoms with van der Waals surface area (Å²) in [6.45, 7) is 12.6. The maximum atomic E-state index is 12.2. The minimum absolute atomic E-state index is 0.0518. The number of aromatic nitrogens is 2. The lowest BCUT2D eigenvalue weighted by molar-refractivity contribution is 0.0930. The fraction of sp³-hybridized carbons (Fsp3) is 0.765. The van der Waals surface area contributed by atoms with E-state index in [-0.39, 0.29) is 5.91 Å². The van der Waals surface area contributed by atoms with Crippen molar-refractivity contribution in [3.05, 3.63) is 17.2 Å². The van der Waals surface area contributed by atoms with E-state index in [2.05, 4.69) is 34.0 Å². The predicted octanol–water partition coefficient (Wildman–Crippen LogP) is 2.51. The van der Waals surface area contributed by atoms with Gasteiger partial charge in [0.1, 0.15) is 11.5 Å². The van der Waals surface area contributed by atoms with E-state index in [0.717, 1.165) is 37.1 Å². The molecule has 124 valence electrons. The van der Waals surface area contributed by atoms with Gasteiger partial charge in [0, 0.05) is 12.2 Å². The molecule has 2 rings (SSSR count). The van der Waals surface area contributed by atoms with Gasteiger partial charge in [-0.2, -0.15) is 0 Å². The van der Waals surface area contributed by atoms with Gasteiger partial charge in [-0.1, -0.05) is 13.8 Å². The second-order valence-corrected chi connectivity index (χ2v) is 6.97. The van der Waals surface area contributed by atoms with Crippen molar-refractivity contribution in [1.82, 2.24) is 20.2 Å². The Morgan fingerprint density at radius 1 is 1.36 bits per heavy atom. The molecule has 1 aromatic rings. The zero-order valence-corrected chi connectivity index (χ0v) is 14.4. The summed E-state index contributed by atoms with van der Waals surface area (Å²) in [6.07, 6.45) is 3.63. The highest BCUT2D eigenvalue weighted by Gasteiger charge is 2.21. The Bertz CT molecular complexity index is 487. The van der Waals surface area contributed by atoms with Gasteiger partial charge in [-0.3, -0.25) is 4.79 Å². The van der Waals surface area contributed by atoms with E-state index in [4.69, 9.17) is 0 Å². The van der Waals surface area contributed by atoms with E-state index in [1.54, 1.807) is 0 Å². The van der Waals surface area contributed by atoms with Crippen LogP contribution in [0.3, 0.4) is 0 Å². The van der Waals surface area contributed by atoms with Crippen LogP contribution >= 0.6 is 0 Å². The molecule has 0 saturated carbocycles. The molecular weight excluding hydrogens is 276 g/mol. The van der Waals surface area contributed by atoms with Gasteiger partial charge in [0.05, 0.1) is 0 Å². The normalized spacial score (nSPS) is 17.1. The Hall–Kier alpha value is -1.36. The van der Waals surface area contributed by atoms with Gasteiger partial charge in [0.2, 0.25) is 0 Å². The van der Waals surface area contributed by atoms with Crippen molar-refractivity contribution in [3.8, 4) is 0 Å². The molecule has 1 aromatic heterocycles. The molecule has 1 aliphatic rings. The molecule has 0 unspecified atom stereocenters. The summed E-state index contributed by atoms with van der Waals surface area (Å²) in [4.78, 5) is 22.0. The summed E-state index contributed by atoms with van der Waals surface area (Å²) < 4.78 is 0. The van der Waals surface area contributed by atoms with Crippen LogP contribution in [-0.4, -0.2) is 47.0 Å². The molecule has 1 saturated heterocycles. The monoisotopic (exact) mass is 306 g/mol. The minimum atomic E-state index is -0.0518. The highest BCUT2D eigenvalue weighted by Crippen LogP contribution is 2.17. The Balaban J connectivity index is 1.70. The first-order valence-corrected chi connectivity index (χ1v) is 8.49. The lowest BCUT2D eigenvalue weighted by Crippen LogP contribution is -2.39. The van der Waals surface area contributed by atoms with Crippen molar-refractivity contribution < 1.29 is 4.79 Å². The number of aryl methyl sites for hydroxylation is 2. The second-order valence-electron chi connectivity index (χ2n) is 6.97. The van der Waals surface area contributed by atoms with Crippen molar-refractivity contribution in [2.45, 2.75) is 47.0 Å². The van der Waals surface area contributed by atoms with E-state index in [1.165, 1.54) is 25.8 Å². The fourth-order valence-electron chi connectivity index (χ4n) is 3.01. The zero-order chi connectivity index (χ0) is 16.1. The van der Waals surface area contributed by atoms with E-state index in [9.17, 15) is 4.79 Å². The van der Waals surface area contributed by atoms with Crippen LogP contribution in [0.25, 0.3) is 0 Å². The van der Waals surface area contributed by atoms with Crippen molar-refractivity contribution >= 4 is 5.91 Å². The summed E-state index contributed by atoms with van der Waals surface area (Å²) in [5.41, 5.74) is 1.38. The first-order valence-electron chi connectivity index (χ1n) is 8.49. The maximum Gasteiger partial charge on any atom is 0.271 e. The molecule has 1 amide bonds. The summed E-state index contributed by atoms with van der Waals surface area (Å²) in [5, 5.41) is 3.05. The molecule has 1 fully saturated rings. The second kappa shape index (κ2) is 7.77. The van der Waals surface area contributed by atoms with E-state index in [0.29, 0.717) is 11.6 Å². The number of H-pyrrole nitrogens is 1. The number of piperidine rings is 1. The average Bonchev–Trinajstić information content (AvgIpc) is 2.82. The third-order valence-corrected chi connectivity index (χ3v) is 4.50. The summed E-state index contributed by atoms with van der Waals surface area (Å²) >= 11 is 0. The SMILES string of the molecule is Cc1nc(C(=O)NCC2CCN(CCC(C)C)CC2)c(C)[nH]1. The van der Waals surface area contributed by atoms with Gasteiger partial charge in [0.25, 0.3) is 5.91 Å². The number of rotatable bonds is 6. The Kier molecular flexibility index (Phi) is 6.00. The number of carbonyl (C=O) groups is 1. The van der Waals surface area contributed by atoms with Gasteiger partial charge < -0.3 is 15.2 Å². The first-order chi connectivity index (χ1) is 10.5. The number of carbonyl (C=O) groups excluding carboxylic acids is 1. The van der Waals surface area contributed by atoms with Crippen LogP contribution in [0, 0.1) is 25.7 Å². The van der Waals surface area contributed by atoms with Crippen LogP contribution in [-0.2, 0) is 0 Å². The third kappa shape index (κ3) is 4.83. The molecule has 2 N–H and O–H groups in total. The number of amides is 1. The summed E-state index contributed by atoms with van der Waals surface area (Å²) in [6, 6.07) is 0. The van der Waals surface area contributed by atoms with Gasteiger partial charge >= 0.3 is 0 Å². The molecule has 0 aliphatic carbocycles. The Morgan fingerprint density at radius 3 is 2.59 bits per heavy atom. The predicted molar refractivity (Wildman–Crippen MR) is 89.0 cm³/mol. The first kappa shape index (κ1) is 17.0. The smallest absolute Gasteiger partial charge is 0.271 e. The number of nitrogens with one attached hydrogen (secondary N) is 2. The molecule has 5 nitrogen and oxygen atoms in total. The summed E-state index contributed by atoms with van der Waals surface area (Å²) in [7, 11) is 0. The van der Waals surface area contributed by atoms with Crippen LogP contribution in [0.2, 0.25) is 0 Å².